The zero-order valence-electron chi connectivity index (χ0n) is 15.4. The second-order valence-corrected chi connectivity index (χ2v) is 7.33. The van der Waals surface area contributed by atoms with Crippen molar-refractivity contribution >= 4 is 5.95 Å². The summed E-state index contributed by atoms with van der Waals surface area (Å²) < 4.78 is 5.83. The number of nitrogens with zero attached hydrogens (tertiary/aromatic N) is 3. The van der Waals surface area contributed by atoms with Gasteiger partial charge in [0.05, 0.1) is 0 Å². The first kappa shape index (κ1) is 17.9. The molecule has 2 heterocycles. The highest BCUT2D eigenvalue weighted by Crippen LogP contribution is 2.26. The monoisotopic (exact) mass is 348 g/mol. The smallest absolute Gasteiger partial charge is 0.219 e. The molecule has 5 heteroatoms. The minimum Gasteiger partial charge on any atom is -0.439 e. The van der Waals surface area contributed by atoms with Crippen LogP contribution in [0, 0.1) is 0 Å². The topological polar surface area (TPSA) is 73.9 Å². The van der Waals surface area contributed by atoms with Crippen LogP contribution in [0.3, 0.4) is 0 Å². The number of hydrogen-bond donors (Lipinski definition) is 1. The van der Waals surface area contributed by atoms with Crippen molar-refractivity contribution in [2.24, 2.45) is 0 Å². The van der Waals surface area contributed by atoms with E-state index in [1.807, 2.05) is 30.5 Å². The summed E-state index contributed by atoms with van der Waals surface area (Å²) in [5.41, 5.74) is 9.10. The maximum atomic E-state index is 5.83. The molecule has 0 saturated carbocycles. The van der Waals surface area contributed by atoms with E-state index in [0.29, 0.717) is 11.8 Å². The van der Waals surface area contributed by atoms with Crippen molar-refractivity contribution in [3.05, 3.63) is 71.7 Å². The minimum atomic E-state index is 0.133. The highest BCUT2D eigenvalue weighted by Gasteiger charge is 2.13. The zero-order chi connectivity index (χ0) is 18.6. The van der Waals surface area contributed by atoms with E-state index in [1.165, 1.54) is 5.56 Å². The molecule has 0 spiro atoms. The van der Waals surface area contributed by atoms with Crippen molar-refractivity contribution in [1.29, 1.82) is 0 Å². The van der Waals surface area contributed by atoms with Gasteiger partial charge in [0.25, 0.3) is 0 Å². The average molecular weight is 348 g/mol. The van der Waals surface area contributed by atoms with Crippen LogP contribution in [0.2, 0.25) is 0 Å². The largest absolute Gasteiger partial charge is 0.439 e. The molecule has 0 aliphatic heterocycles. The molecule has 3 aromatic rings. The van der Waals surface area contributed by atoms with Gasteiger partial charge < -0.3 is 10.5 Å². The summed E-state index contributed by atoms with van der Waals surface area (Å²) in [6.07, 6.45) is 7.07. The number of rotatable bonds is 5. The maximum absolute atomic E-state index is 5.83. The minimum absolute atomic E-state index is 0.133. The van der Waals surface area contributed by atoms with Gasteiger partial charge >= 0.3 is 0 Å². The van der Waals surface area contributed by atoms with E-state index < -0.39 is 0 Å². The van der Waals surface area contributed by atoms with Gasteiger partial charge in [-0.3, -0.25) is 0 Å². The van der Waals surface area contributed by atoms with Crippen molar-refractivity contribution in [1.82, 2.24) is 15.0 Å². The lowest BCUT2D eigenvalue weighted by Gasteiger charge is -2.19. The number of anilines is 1. The lowest BCUT2D eigenvalue weighted by molar-refractivity contribution is 0.461. The third-order valence-corrected chi connectivity index (χ3v) is 4.17. The van der Waals surface area contributed by atoms with E-state index in [0.717, 1.165) is 29.7 Å². The highest BCUT2D eigenvalue weighted by molar-refractivity contribution is 5.33. The Morgan fingerprint density at radius 1 is 0.808 bits per heavy atom. The summed E-state index contributed by atoms with van der Waals surface area (Å²) in [5.74, 6) is 1.68. The second-order valence-electron chi connectivity index (χ2n) is 7.33. The SMILES string of the molecule is CC(C)(C)c1ccc(Oc2ccc(CCc3cnc(N)nc3)cn2)cc1. The van der Waals surface area contributed by atoms with E-state index in [4.69, 9.17) is 10.5 Å². The number of ether oxygens (including phenoxy) is 1. The normalized spacial score (nSPS) is 11.3. The predicted octanol–water partition coefficient (Wildman–Crippen LogP) is 4.33. The molecule has 0 unspecified atom stereocenters. The fourth-order valence-corrected chi connectivity index (χ4v) is 2.55. The molecule has 26 heavy (non-hydrogen) atoms. The Kier molecular flexibility index (Phi) is 5.16. The predicted molar refractivity (Wildman–Crippen MR) is 103 cm³/mol. The van der Waals surface area contributed by atoms with E-state index in [1.54, 1.807) is 12.4 Å². The molecule has 1 aromatic carbocycles. The van der Waals surface area contributed by atoms with Gasteiger partial charge in [-0.15, -0.1) is 0 Å². The first-order chi connectivity index (χ1) is 12.4. The van der Waals surface area contributed by atoms with Crippen molar-refractivity contribution in [2.75, 3.05) is 5.73 Å². The van der Waals surface area contributed by atoms with Gasteiger partial charge in [0.1, 0.15) is 5.75 Å². The first-order valence-corrected chi connectivity index (χ1v) is 8.70. The Hall–Kier alpha value is -2.95. The Morgan fingerprint density at radius 3 is 2.00 bits per heavy atom. The molecule has 0 aliphatic carbocycles. The fourth-order valence-electron chi connectivity index (χ4n) is 2.55. The lowest BCUT2D eigenvalue weighted by atomic mass is 9.87. The van der Waals surface area contributed by atoms with Crippen LogP contribution < -0.4 is 10.5 Å². The molecule has 2 N–H and O–H groups in total. The summed E-state index contributed by atoms with van der Waals surface area (Å²) >= 11 is 0. The molecule has 2 aromatic heterocycles. The molecular weight excluding hydrogens is 324 g/mol. The standard InChI is InChI=1S/C21H24N4O/c1-21(2,3)17-7-9-18(10-8-17)26-19-11-6-15(12-23-19)4-5-16-13-24-20(22)25-14-16/h6-14H,4-5H2,1-3H3,(H2,22,24,25). The van der Waals surface area contributed by atoms with Gasteiger partial charge in [0, 0.05) is 24.7 Å². The van der Waals surface area contributed by atoms with Crippen LogP contribution >= 0.6 is 0 Å². The number of pyridine rings is 1. The van der Waals surface area contributed by atoms with Crippen molar-refractivity contribution in [3.63, 3.8) is 0 Å². The molecule has 0 saturated heterocycles. The number of aromatic nitrogens is 3. The van der Waals surface area contributed by atoms with E-state index in [2.05, 4.69) is 47.9 Å². The summed E-state index contributed by atoms with van der Waals surface area (Å²) in [6, 6.07) is 12.1. The van der Waals surface area contributed by atoms with Gasteiger partial charge in [-0.2, -0.15) is 0 Å². The molecule has 134 valence electrons. The number of aryl methyl sites for hydroxylation is 2. The molecule has 5 nitrogen and oxygen atoms in total. The van der Waals surface area contributed by atoms with Gasteiger partial charge in [-0.05, 0) is 47.1 Å². The quantitative estimate of drug-likeness (QED) is 0.743. The summed E-state index contributed by atoms with van der Waals surface area (Å²) in [6.45, 7) is 6.58. The van der Waals surface area contributed by atoms with E-state index >= 15 is 0 Å². The average Bonchev–Trinajstić information content (AvgIpc) is 2.62. The number of nitrogens with two attached hydrogens (primary N) is 1. The zero-order valence-corrected chi connectivity index (χ0v) is 15.4. The summed E-state index contributed by atoms with van der Waals surface area (Å²) in [5, 5.41) is 0. The summed E-state index contributed by atoms with van der Waals surface area (Å²) in [7, 11) is 0. The van der Waals surface area contributed by atoms with Gasteiger partial charge in [0.15, 0.2) is 0 Å². The second kappa shape index (κ2) is 7.52. The van der Waals surface area contributed by atoms with Crippen molar-refractivity contribution in [3.8, 4) is 11.6 Å². The molecule has 0 bridgehead atoms. The molecule has 0 aliphatic rings. The first-order valence-electron chi connectivity index (χ1n) is 8.70. The fraction of sp³-hybridized carbons (Fsp3) is 0.286. The van der Waals surface area contributed by atoms with Gasteiger partial charge in [-0.1, -0.05) is 39.0 Å². The van der Waals surface area contributed by atoms with Crippen LogP contribution in [0.25, 0.3) is 0 Å². The number of nitrogen functional groups attached to an aromatic ring is 1. The van der Waals surface area contributed by atoms with Gasteiger partial charge in [0.2, 0.25) is 11.8 Å². The Bertz CT molecular complexity index is 835. The maximum Gasteiger partial charge on any atom is 0.219 e. The number of hydrogen-bond acceptors (Lipinski definition) is 5. The van der Waals surface area contributed by atoms with Crippen LogP contribution in [-0.2, 0) is 18.3 Å². The number of benzene rings is 1. The highest BCUT2D eigenvalue weighted by atomic mass is 16.5. The molecule has 0 amide bonds. The van der Waals surface area contributed by atoms with Crippen LogP contribution in [0.4, 0.5) is 5.95 Å². The third-order valence-electron chi connectivity index (χ3n) is 4.17. The van der Waals surface area contributed by atoms with Crippen LogP contribution in [0.1, 0.15) is 37.5 Å². The van der Waals surface area contributed by atoms with E-state index in [-0.39, 0.29) is 5.41 Å². The molecular formula is C21H24N4O. The van der Waals surface area contributed by atoms with Crippen LogP contribution in [-0.4, -0.2) is 15.0 Å². The molecule has 0 radical (unpaired) electrons. The molecule has 0 fully saturated rings. The van der Waals surface area contributed by atoms with Crippen molar-refractivity contribution < 1.29 is 4.74 Å². The summed E-state index contributed by atoms with van der Waals surface area (Å²) in [4.78, 5) is 12.4. The Labute approximate surface area is 154 Å². The van der Waals surface area contributed by atoms with Crippen LogP contribution in [0.5, 0.6) is 11.6 Å². The molecule has 3 rings (SSSR count). The van der Waals surface area contributed by atoms with Gasteiger partial charge in [-0.25, -0.2) is 15.0 Å². The van der Waals surface area contributed by atoms with Crippen molar-refractivity contribution in [2.45, 2.75) is 39.0 Å². The Morgan fingerprint density at radius 2 is 1.42 bits per heavy atom. The molecule has 0 atom stereocenters. The van der Waals surface area contributed by atoms with E-state index in [9.17, 15) is 0 Å². The third kappa shape index (κ3) is 4.79. The van der Waals surface area contributed by atoms with Crippen LogP contribution in [0.15, 0.2) is 55.0 Å². The Balaban J connectivity index is 1.58. The lowest BCUT2D eigenvalue weighted by Crippen LogP contribution is -2.10.